The Morgan fingerprint density at radius 1 is 1.37 bits per heavy atom. The Balaban J connectivity index is 0.00000364. The van der Waals surface area contributed by atoms with E-state index in [0.29, 0.717) is 29.6 Å². The third-order valence-electron chi connectivity index (χ3n) is 4.51. The Bertz CT molecular complexity index is 747. The van der Waals surface area contributed by atoms with Crippen LogP contribution in [0.4, 0.5) is 0 Å². The lowest BCUT2D eigenvalue weighted by Gasteiger charge is -2.21. The molecule has 0 aliphatic carbocycles. The van der Waals surface area contributed by atoms with Gasteiger partial charge >= 0.3 is 0 Å². The molecule has 27 heavy (non-hydrogen) atoms. The van der Waals surface area contributed by atoms with Gasteiger partial charge in [-0.2, -0.15) is 0 Å². The third kappa shape index (κ3) is 5.92. The largest absolute Gasteiger partial charge is 0.340 e. The van der Waals surface area contributed by atoms with Crippen molar-refractivity contribution >= 4 is 29.9 Å². The number of aromatic nitrogens is 3. The summed E-state index contributed by atoms with van der Waals surface area (Å²) >= 11 is 6.09. The lowest BCUT2D eigenvalue weighted by Crippen LogP contribution is -2.35. The van der Waals surface area contributed by atoms with E-state index in [1.165, 1.54) is 0 Å². The topological polar surface area (TPSA) is 77.0 Å². The Hall–Kier alpha value is -1.63. The van der Waals surface area contributed by atoms with E-state index >= 15 is 0 Å². The van der Waals surface area contributed by atoms with Crippen LogP contribution in [-0.2, 0) is 6.42 Å². The molecule has 0 fully saturated rings. The molecule has 8 heteroatoms. The van der Waals surface area contributed by atoms with Crippen LogP contribution in [0.5, 0.6) is 0 Å². The molecule has 1 atom stereocenters. The zero-order valence-corrected chi connectivity index (χ0v) is 17.9. The van der Waals surface area contributed by atoms with E-state index in [2.05, 4.69) is 31.1 Å². The molecule has 0 radical (unpaired) electrons. The average molecular weight is 414 g/mol. The lowest BCUT2D eigenvalue weighted by molar-refractivity contribution is 0.0782. The van der Waals surface area contributed by atoms with Crippen molar-refractivity contribution in [1.82, 2.24) is 19.9 Å². The second kappa shape index (κ2) is 10.6. The van der Waals surface area contributed by atoms with Gasteiger partial charge in [-0.15, -0.1) is 17.5 Å². The van der Waals surface area contributed by atoms with Crippen LogP contribution in [0.25, 0.3) is 5.69 Å². The number of halogens is 2. The van der Waals surface area contributed by atoms with Crippen LogP contribution in [0, 0.1) is 5.92 Å². The highest BCUT2D eigenvalue weighted by molar-refractivity contribution is 6.30. The monoisotopic (exact) mass is 413 g/mol. The molecule has 1 heterocycles. The van der Waals surface area contributed by atoms with E-state index in [1.54, 1.807) is 22.7 Å². The van der Waals surface area contributed by atoms with Gasteiger partial charge in [0.2, 0.25) is 0 Å². The molecule has 1 unspecified atom stereocenters. The molecular weight excluding hydrogens is 385 g/mol. The van der Waals surface area contributed by atoms with Crippen molar-refractivity contribution in [3.05, 3.63) is 40.7 Å². The molecule has 1 aromatic heterocycles. The number of hydrogen-bond donors (Lipinski definition) is 1. The number of amides is 1. The molecule has 2 rings (SSSR count). The van der Waals surface area contributed by atoms with E-state index in [1.807, 2.05) is 18.2 Å². The quantitative estimate of drug-likeness (QED) is 0.714. The van der Waals surface area contributed by atoms with Crippen LogP contribution in [-0.4, -0.2) is 45.4 Å². The SMILES string of the molecule is CCCc1c(C(=O)N(C)CCC(N)C(C)C)nnn1-c1cccc(Cl)c1.Cl. The van der Waals surface area contributed by atoms with E-state index < -0.39 is 0 Å². The number of benzene rings is 1. The highest BCUT2D eigenvalue weighted by atomic mass is 35.5. The number of hydrogen-bond acceptors (Lipinski definition) is 4. The van der Waals surface area contributed by atoms with Gasteiger partial charge in [-0.25, -0.2) is 4.68 Å². The number of carbonyl (C=O) groups is 1. The summed E-state index contributed by atoms with van der Waals surface area (Å²) in [6.45, 7) is 6.83. The molecule has 1 amide bonds. The third-order valence-corrected chi connectivity index (χ3v) is 4.74. The van der Waals surface area contributed by atoms with Gasteiger partial charge in [0.05, 0.1) is 11.4 Å². The molecular formula is C19H29Cl2N5O. The first-order chi connectivity index (χ1) is 12.3. The summed E-state index contributed by atoms with van der Waals surface area (Å²) in [5, 5.41) is 9.00. The van der Waals surface area contributed by atoms with Crippen molar-refractivity contribution in [1.29, 1.82) is 0 Å². The Labute approximate surface area is 172 Å². The van der Waals surface area contributed by atoms with Gasteiger partial charge in [-0.05, 0) is 37.0 Å². The highest BCUT2D eigenvalue weighted by Gasteiger charge is 2.23. The van der Waals surface area contributed by atoms with Gasteiger partial charge < -0.3 is 10.6 Å². The summed E-state index contributed by atoms with van der Waals surface area (Å²) in [5.74, 6) is 0.260. The summed E-state index contributed by atoms with van der Waals surface area (Å²) < 4.78 is 1.70. The number of nitrogens with two attached hydrogens (primary N) is 1. The van der Waals surface area contributed by atoms with E-state index in [4.69, 9.17) is 17.3 Å². The predicted molar refractivity (Wildman–Crippen MR) is 112 cm³/mol. The van der Waals surface area contributed by atoms with Crippen molar-refractivity contribution < 1.29 is 4.79 Å². The fourth-order valence-corrected chi connectivity index (χ4v) is 2.89. The average Bonchev–Trinajstić information content (AvgIpc) is 3.02. The first kappa shape index (κ1) is 23.4. The number of rotatable bonds is 8. The zero-order valence-electron chi connectivity index (χ0n) is 16.4. The van der Waals surface area contributed by atoms with E-state index in [-0.39, 0.29) is 24.4 Å². The number of carbonyl (C=O) groups excluding carboxylic acids is 1. The summed E-state index contributed by atoms with van der Waals surface area (Å²) in [6.07, 6.45) is 2.35. The lowest BCUT2D eigenvalue weighted by atomic mass is 10.0. The van der Waals surface area contributed by atoms with Crippen LogP contribution < -0.4 is 5.73 Å². The number of nitrogens with zero attached hydrogens (tertiary/aromatic N) is 4. The van der Waals surface area contributed by atoms with E-state index in [9.17, 15) is 4.79 Å². The van der Waals surface area contributed by atoms with Gasteiger partial charge in [0.15, 0.2) is 5.69 Å². The van der Waals surface area contributed by atoms with Gasteiger partial charge in [-0.1, -0.05) is 50.1 Å². The van der Waals surface area contributed by atoms with Crippen LogP contribution in [0.2, 0.25) is 5.02 Å². The molecule has 2 aromatic rings. The highest BCUT2D eigenvalue weighted by Crippen LogP contribution is 2.19. The minimum Gasteiger partial charge on any atom is -0.340 e. The van der Waals surface area contributed by atoms with Gasteiger partial charge in [0.1, 0.15) is 0 Å². The van der Waals surface area contributed by atoms with Crippen molar-refractivity contribution in [2.75, 3.05) is 13.6 Å². The van der Waals surface area contributed by atoms with Crippen LogP contribution >= 0.6 is 24.0 Å². The van der Waals surface area contributed by atoms with Crippen LogP contribution in [0.1, 0.15) is 49.8 Å². The molecule has 1 aromatic carbocycles. The molecule has 0 aliphatic heterocycles. The molecule has 0 spiro atoms. The zero-order chi connectivity index (χ0) is 19.3. The molecule has 0 aliphatic rings. The molecule has 6 nitrogen and oxygen atoms in total. The fourth-order valence-electron chi connectivity index (χ4n) is 2.70. The molecule has 150 valence electrons. The standard InChI is InChI=1S/C19H28ClN5O.ClH/c1-5-7-17-18(19(26)24(4)11-10-16(21)13(2)3)22-23-25(17)15-9-6-8-14(20)12-15;/h6,8-9,12-13,16H,5,7,10-11,21H2,1-4H3;1H. The summed E-state index contributed by atoms with van der Waals surface area (Å²) in [6, 6.07) is 7.45. The molecule has 2 N–H and O–H groups in total. The maximum Gasteiger partial charge on any atom is 0.276 e. The van der Waals surface area contributed by atoms with Crippen molar-refractivity contribution in [3.63, 3.8) is 0 Å². The Kier molecular flexibility index (Phi) is 9.22. The minimum atomic E-state index is -0.127. The normalized spacial score (nSPS) is 12.0. The second-order valence-corrected chi connectivity index (χ2v) is 7.39. The molecule has 0 saturated carbocycles. The second-order valence-electron chi connectivity index (χ2n) is 6.95. The van der Waals surface area contributed by atoms with Crippen LogP contribution in [0.3, 0.4) is 0 Å². The van der Waals surface area contributed by atoms with Crippen molar-refractivity contribution in [3.8, 4) is 5.69 Å². The summed E-state index contributed by atoms with van der Waals surface area (Å²) in [4.78, 5) is 14.6. The van der Waals surface area contributed by atoms with Crippen LogP contribution in [0.15, 0.2) is 24.3 Å². The first-order valence-electron chi connectivity index (χ1n) is 9.06. The summed E-state index contributed by atoms with van der Waals surface area (Å²) in [5.41, 5.74) is 8.10. The Morgan fingerprint density at radius 2 is 2.07 bits per heavy atom. The first-order valence-corrected chi connectivity index (χ1v) is 9.44. The van der Waals surface area contributed by atoms with Crippen molar-refractivity contribution in [2.24, 2.45) is 11.7 Å². The van der Waals surface area contributed by atoms with Gasteiger partial charge in [0, 0.05) is 24.7 Å². The van der Waals surface area contributed by atoms with E-state index in [0.717, 1.165) is 24.2 Å². The maximum atomic E-state index is 12.9. The predicted octanol–water partition coefficient (Wildman–Crippen LogP) is 3.74. The van der Waals surface area contributed by atoms with Crippen molar-refractivity contribution in [2.45, 2.75) is 46.1 Å². The maximum absolute atomic E-state index is 12.9. The fraction of sp³-hybridized carbons (Fsp3) is 0.526. The Morgan fingerprint density at radius 3 is 2.67 bits per heavy atom. The molecule has 0 bridgehead atoms. The van der Waals surface area contributed by atoms with Gasteiger partial charge in [0.25, 0.3) is 5.91 Å². The minimum absolute atomic E-state index is 0. The van der Waals surface area contributed by atoms with Gasteiger partial charge in [-0.3, -0.25) is 4.79 Å². The molecule has 0 saturated heterocycles. The summed E-state index contributed by atoms with van der Waals surface area (Å²) in [7, 11) is 1.78. The smallest absolute Gasteiger partial charge is 0.276 e.